The van der Waals surface area contributed by atoms with Crippen LogP contribution in [-0.2, 0) is 16.2 Å². The van der Waals surface area contributed by atoms with Crippen LogP contribution in [0.1, 0.15) is 36.4 Å². The molecule has 0 radical (unpaired) electrons. The minimum Gasteiger partial charge on any atom is -0.260 e. The number of pyridine rings is 1. The van der Waals surface area contributed by atoms with Gasteiger partial charge in [0.05, 0.1) is 11.3 Å². The monoisotopic (exact) mass is 280 g/mol. The highest BCUT2D eigenvalue weighted by Gasteiger charge is 2.40. The largest absolute Gasteiger partial charge is 0.417 e. The SMILES string of the molecule is NS(=O)(=O)c1c(C(F)(F)F)ccnc1C1CCC1. The predicted octanol–water partition coefficient (Wildman–Crippen LogP) is 2.02. The number of nitrogens with zero attached hydrogens (tertiary/aromatic N) is 1. The Balaban J connectivity index is 2.68. The van der Waals surface area contributed by atoms with Crippen LogP contribution >= 0.6 is 0 Å². The van der Waals surface area contributed by atoms with Crippen molar-refractivity contribution in [3.63, 3.8) is 0 Å². The third-order valence-electron chi connectivity index (χ3n) is 3.01. The first-order valence-corrected chi connectivity index (χ1v) is 6.85. The van der Waals surface area contributed by atoms with Crippen molar-refractivity contribution in [3.05, 3.63) is 23.5 Å². The van der Waals surface area contributed by atoms with Gasteiger partial charge < -0.3 is 0 Å². The Bertz CT molecular complexity index is 565. The van der Waals surface area contributed by atoms with E-state index in [0.717, 1.165) is 12.6 Å². The Morgan fingerprint density at radius 1 is 1.33 bits per heavy atom. The van der Waals surface area contributed by atoms with Crippen molar-refractivity contribution in [1.82, 2.24) is 4.98 Å². The summed E-state index contributed by atoms with van der Waals surface area (Å²) in [6.45, 7) is 0. The van der Waals surface area contributed by atoms with E-state index in [-0.39, 0.29) is 11.6 Å². The minimum absolute atomic E-state index is 0.0569. The molecule has 2 N–H and O–H groups in total. The standard InChI is InChI=1S/C10H11F3N2O2S/c11-10(12,13)7-4-5-15-8(6-2-1-3-6)9(7)18(14,16)17/h4-6H,1-3H2,(H2,14,16,17). The van der Waals surface area contributed by atoms with Crippen molar-refractivity contribution in [2.75, 3.05) is 0 Å². The van der Waals surface area contributed by atoms with Gasteiger partial charge in [0.1, 0.15) is 4.90 Å². The molecule has 0 aromatic carbocycles. The molecule has 0 bridgehead atoms. The molecule has 0 spiro atoms. The van der Waals surface area contributed by atoms with Crippen molar-refractivity contribution in [1.29, 1.82) is 0 Å². The Hall–Kier alpha value is -1.15. The topological polar surface area (TPSA) is 73.1 Å². The lowest BCUT2D eigenvalue weighted by atomic mass is 9.82. The number of alkyl halides is 3. The smallest absolute Gasteiger partial charge is 0.260 e. The first-order chi connectivity index (χ1) is 8.21. The van der Waals surface area contributed by atoms with Crippen LogP contribution in [0.15, 0.2) is 17.2 Å². The Morgan fingerprint density at radius 3 is 2.33 bits per heavy atom. The van der Waals surface area contributed by atoms with Gasteiger partial charge in [0.2, 0.25) is 10.0 Å². The van der Waals surface area contributed by atoms with Gasteiger partial charge in [0, 0.05) is 12.1 Å². The van der Waals surface area contributed by atoms with Gasteiger partial charge in [-0.15, -0.1) is 0 Å². The summed E-state index contributed by atoms with van der Waals surface area (Å²) in [4.78, 5) is 2.91. The first kappa shape index (κ1) is 13.3. The maximum Gasteiger partial charge on any atom is 0.417 e. The summed E-state index contributed by atoms with van der Waals surface area (Å²) in [7, 11) is -4.45. The second-order valence-electron chi connectivity index (χ2n) is 4.24. The zero-order valence-corrected chi connectivity index (χ0v) is 10.1. The summed E-state index contributed by atoms with van der Waals surface area (Å²) >= 11 is 0. The van der Waals surface area contributed by atoms with Crippen LogP contribution in [0.5, 0.6) is 0 Å². The van der Waals surface area contributed by atoms with Gasteiger partial charge in [-0.2, -0.15) is 13.2 Å². The molecule has 0 aliphatic heterocycles. The summed E-state index contributed by atoms with van der Waals surface area (Å²) in [5, 5.41) is 4.90. The van der Waals surface area contributed by atoms with Gasteiger partial charge in [-0.3, -0.25) is 4.98 Å². The van der Waals surface area contributed by atoms with Crippen molar-refractivity contribution < 1.29 is 21.6 Å². The number of rotatable bonds is 2. The lowest BCUT2D eigenvalue weighted by molar-refractivity contribution is -0.140. The second-order valence-corrected chi connectivity index (χ2v) is 5.74. The van der Waals surface area contributed by atoms with Crippen LogP contribution < -0.4 is 5.14 Å². The van der Waals surface area contributed by atoms with Gasteiger partial charge in [0.25, 0.3) is 0 Å². The minimum atomic E-state index is -4.76. The molecular formula is C10H11F3N2O2S. The maximum atomic E-state index is 12.8. The van der Waals surface area contributed by atoms with Crippen molar-refractivity contribution >= 4 is 10.0 Å². The quantitative estimate of drug-likeness (QED) is 0.900. The number of hydrogen-bond acceptors (Lipinski definition) is 3. The van der Waals surface area contributed by atoms with E-state index in [1.54, 1.807) is 0 Å². The summed E-state index contributed by atoms with van der Waals surface area (Å²) in [6, 6.07) is 0.641. The van der Waals surface area contributed by atoms with Crippen molar-refractivity contribution in [3.8, 4) is 0 Å². The highest BCUT2D eigenvalue weighted by molar-refractivity contribution is 7.89. The average Bonchev–Trinajstić information content (AvgIpc) is 2.11. The number of aromatic nitrogens is 1. The summed E-state index contributed by atoms with van der Waals surface area (Å²) in [5.41, 5.74) is -1.29. The molecule has 0 atom stereocenters. The molecule has 1 fully saturated rings. The fourth-order valence-corrected chi connectivity index (χ4v) is 2.96. The zero-order valence-electron chi connectivity index (χ0n) is 9.24. The molecule has 0 unspecified atom stereocenters. The van der Waals surface area contributed by atoms with Gasteiger partial charge in [-0.05, 0) is 18.9 Å². The average molecular weight is 280 g/mol. The van der Waals surface area contributed by atoms with E-state index in [1.807, 2.05) is 0 Å². The highest BCUT2D eigenvalue weighted by Crippen LogP contribution is 2.42. The molecule has 0 amide bonds. The summed E-state index contributed by atoms with van der Waals surface area (Å²) in [5.74, 6) is -0.249. The number of nitrogens with two attached hydrogens (primary N) is 1. The van der Waals surface area contributed by atoms with E-state index >= 15 is 0 Å². The van der Waals surface area contributed by atoms with Crippen LogP contribution in [0, 0.1) is 0 Å². The molecule has 0 saturated heterocycles. The van der Waals surface area contributed by atoms with Crippen LogP contribution in [0.25, 0.3) is 0 Å². The van der Waals surface area contributed by atoms with Gasteiger partial charge in [-0.1, -0.05) is 6.42 Å². The molecule has 1 heterocycles. The predicted molar refractivity (Wildman–Crippen MR) is 57.2 cm³/mol. The van der Waals surface area contributed by atoms with E-state index in [0.29, 0.717) is 18.9 Å². The molecule has 1 aromatic rings. The molecule has 100 valence electrons. The summed E-state index contributed by atoms with van der Waals surface area (Å²) in [6.07, 6.45) is -1.66. The van der Waals surface area contributed by atoms with Crippen molar-refractivity contribution in [2.45, 2.75) is 36.3 Å². The maximum absolute atomic E-state index is 12.8. The molecule has 1 aliphatic carbocycles. The van der Waals surface area contributed by atoms with Crippen LogP contribution in [0.4, 0.5) is 13.2 Å². The molecule has 1 aliphatic rings. The fourth-order valence-electron chi connectivity index (χ4n) is 1.96. The van der Waals surface area contributed by atoms with Crippen LogP contribution in [-0.4, -0.2) is 13.4 Å². The number of hydrogen-bond donors (Lipinski definition) is 1. The molecule has 4 nitrogen and oxygen atoms in total. The Labute approximate surface area is 102 Å². The number of primary sulfonamides is 1. The van der Waals surface area contributed by atoms with Gasteiger partial charge in [0.15, 0.2) is 0 Å². The van der Waals surface area contributed by atoms with Gasteiger partial charge in [-0.25, -0.2) is 13.6 Å². The van der Waals surface area contributed by atoms with E-state index in [9.17, 15) is 21.6 Å². The summed E-state index contributed by atoms with van der Waals surface area (Å²) < 4.78 is 61.2. The molecule has 18 heavy (non-hydrogen) atoms. The Morgan fingerprint density at radius 2 is 1.94 bits per heavy atom. The highest BCUT2D eigenvalue weighted by atomic mass is 32.2. The molecule has 1 aromatic heterocycles. The number of sulfonamides is 1. The third kappa shape index (κ3) is 2.35. The first-order valence-electron chi connectivity index (χ1n) is 5.30. The van der Waals surface area contributed by atoms with E-state index in [1.165, 1.54) is 0 Å². The van der Waals surface area contributed by atoms with Gasteiger partial charge >= 0.3 is 6.18 Å². The molecule has 2 rings (SSSR count). The van der Waals surface area contributed by atoms with E-state index in [2.05, 4.69) is 4.98 Å². The molecule has 8 heteroatoms. The molecular weight excluding hydrogens is 269 g/mol. The molecule has 1 saturated carbocycles. The van der Waals surface area contributed by atoms with Crippen molar-refractivity contribution in [2.24, 2.45) is 5.14 Å². The van der Waals surface area contributed by atoms with Crippen LogP contribution in [0.3, 0.4) is 0 Å². The number of halogens is 3. The Kier molecular flexibility index (Phi) is 3.10. The normalized spacial score (nSPS) is 17.6. The van der Waals surface area contributed by atoms with E-state index < -0.39 is 26.7 Å². The van der Waals surface area contributed by atoms with Crippen LogP contribution in [0.2, 0.25) is 0 Å². The lowest BCUT2D eigenvalue weighted by Gasteiger charge is -2.27. The second kappa shape index (κ2) is 4.20. The van der Waals surface area contributed by atoms with E-state index in [4.69, 9.17) is 5.14 Å². The zero-order chi connectivity index (χ0) is 13.6. The third-order valence-corrected chi connectivity index (χ3v) is 4.01. The fraction of sp³-hybridized carbons (Fsp3) is 0.500. The lowest BCUT2D eigenvalue weighted by Crippen LogP contribution is -2.24.